The zero-order valence-corrected chi connectivity index (χ0v) is 17.3. The van der Waals surface area contributed by atoms with Crippen molar-refractivity contribution in [2.24, 2.45) is 10.4 Å². The first-order valence-electron chi connectivity index (χ1n) is 8.26. The second kappa shape index (κ2) is 11.5. The second-order valence-electron chi connectivity index (χ2n) is 6.95. The molecule has 0 bridgehead atoms. The van der Waals surface area contributed by atoms with E-state index in [0.29, 0.717) is 11.5 Å². The van der Waals surface area contributed by atoms with Crippen LogP contribution in [0.1, 0.15) is 41.0 Å². The molecule has 22 heavy (non-hydrogen) atoms. The van der Waals surface area contributed by atoms with Gasteiger partial charge in [0.05, 0.1) is 19.8 Å². The van der Waals surface area contributed by atoms with Gasteiger partial charge >= 0.3 is 0 Å². The first kappa shape index (κ1) is 21.9. The summed E-state index contributed by atoms with van der Waals surface area (Å²) in [5.74, 6) is 0.932. The lowest BCUT2D eigenvalue weighted by Crippen LogP contribution is -2.44. The van der Waals surface area contributed by atoms with E-state index < -0.39 is 0 Å². The van der Waals surface area contributed by atoms with E-state index in [1.54, 1.807) is 0 Å². The van der Waals surface area contributed by atoms with Crippen LogP contribution < -0.4 is 10.6 Å². The maximum Gasteiger partial charge on any atom is 0.191 e. The quantitative estimate of drug-likeness (QED) is 0.389. The maximum absolute atomic E-state index is 5.40. The lowest BCUT2D eigenvalue weighted by atomic mass is 9.92. The molecular formula is C16H35IN4O. The zero-order valence-electron chi connectivity index (χ0n) is 14.9. The summed E-state index contributed by atoms with van der Waals surface area (Å²) in [7, 11) is 0. The molecule has 1 aliphatic heterocycles. The highest BCUT2D eigenvalue weighted by Gasteiger charge is 2.16. The topological polar surface area (TPSA) is 48.9 Å². The van der Waals surface area contributed by atoms with Crippen molar-refractivity contribution in [1.29, 1.82) is 0 Å². The summed E-state index contributed by atoms with van der Waals surface area (Å²) in [5.41, 5.74) is 0.353. The normalized spacial score (nSPS) is 18.5. The third kappa shape index (κ3) is 9.84. The van der Waals surface area contributed by atoms with Crippen LogP contribution in [0, 0.1) is 5.41 Å². The Morgan fingerprint density at radius 2 is 1.86 bits per heavy atom. The van der Waals surface area contributed by atoms with Crippen molar-refractivity contribution in [3.05, 3.63) is 0 Å². The third-order valence-corrected chi connectivity index (χ3v) is 3.69. The van der Waals surface area contributed by atoms with Gasteiger partial charge in [-0.25, -0.2) is 0 Å². The largest absolute Gasteiger partial charge is 0.379 e. The molecular weight excluding hydrogens is 391 g/mol. The second-order valence-corrected chi connectivity index (χ2v) is 6.95. The lowest BCUT2D eigenvalue weighted by molar-refractivity contribution is 0.0220. The van der Waals surface area contributed by atoms with Gasteiger partial charge in [-0.1, -0.05) is 20.8 Å². The van der Waals surface area contributed by atoms with E-state index >= 15 is 0 Å². The number of ether oxygens (including phenoxy) is 1. The van der Waals surface area contributed by atoms with Gasteiger partial charge < -0.3 is 15.4 Å². The molecule has 1 heterocycles. The van der Waals surface area contributed by atoms with Crippen molar-refractivity contribution in [3.8, 4) is 0 Å². The third-order valence-electron chi connectivity index (χ3n) is 3.69. The van der Waals surface area contributed by atoms with Gasteiger partial charge in [-0.15, -0.1) is 24.0 Å². The predicted octanol–water partition coefficient (Wildman–Crippen LogP) is 2.32. The fourth-order valence-corrected chi connectivity index (χ4v) is 2.25. The van der Waals surface area contributed by atoms with Crippen molar-refractivity contribution in [2.45, 2.75) is 47.1 Å². The van der Waals surface area contributed by atoms with E-state index in [2.05, 4.69) is 50.2 Å². The summed E-state index contributed by atoms with van der Waals surface area (Å²) < 4.78 is 5.40. The van der Waals surface area contributed by atoms with Gasteiger partial charge in [0.2, 0.25) is 0 Å². The van der Waals surface area contributed by atoms with E-state index in [0.717, 1.165) is 58.3 Å². The Kier molecular flexibility index (Phi) is 11.4. The fraction of sp³-hybridized carbons (Fsp3) is 0.938. The van der Waals surface area contributed by atoms with E-state index in [4.69, 9.17) is 9.73 Å². The molecule has 0 radical (unpaired) electrons. The van der Waals surface area contributed by atoms with Crippen LogP contribution in [0.3, 0.4) is 0 Å². The number of morpholine rings is 1. The Labute approximate surface area is 153 Å². The molecule has 0 saturated carbocycles. The lowest BCUT2D eigenvalue weighted by Gasteiger charge is -2.31. The first-order chi connectivity index (χ1) is 9.92. The molecule has 1 unspecified atom stereocenters. The average Bonchev–Trinajstić information content (AvgIpc) is 2.44. The van der Waals surface area contributed by atoms with Gasteiger partial charge in [0.1, 0.15) is 0 Å². The Morgan fingerprint density at radius 3 is 2.41 bits per heavy atom. The number of aliphatic imine (C=N–C) groups is 1. The van der Waals surface area contributed by atoms with Crippen LogP contribution in [0.2, 0.25) is 0 Å². The van der Waals surface area contributed by atoms with Crippen molar-refractivity contribution >= 4 is 29.9 Å². The molecule has 0 aromatic heterocycles. The van der Waals surface area contributed by atoms with E-state index in [1.165, 1.54) is 0 Å². The number of hydrogen-bond donors (Lipinski definition) is 2. The molecule has 0 aromatic rings. The summed E-state index contributed by atoms with van der Waals surface area (Å²) in [5, 5.41) is 6.75. The summed E-state index contributed by atoms with van der Waals surface area (Å²) >= 11 is 0. The smallest absolute Gasteiger partial charge is 0.191 e. The SMILES string of the molecule is CCNC(=NCC(C)N1CCOCC1)NCCC(C)(C)C.I. The Hall–Kier alpha value is -0.0800. The van der Waals surface area contributed by atoms with Crippen LogP contribution in [-0.2, 0) is 4.74 Å². The molecule has 1 rings (SSSR count). The van der Waals surface area contributed by atoms with Crippen LogP contribution >= 0.6 is 24.0 Å². The van der Waals surface area contributed by atoms with Crippen LogP contribution in [0.15, 0.2) is 4.99 Å². The van der Waals surface area contributed by atoms with Crippen LogP contribution in [0.25, 0.3) is 0 Å². The molecule has 0 aromatic carbocycles. The van der Waals surface area contributed by atoms with Gasteiger partial charge in [-0.3, -0.25) is 9.89 Å². The van der Waals surface area contributed by atoms with Gasteiger partial charge in [0.15, 0.2) is 5.96 Å². The number of rotatable bonds is 6. The summed E-state index contributed by atoms with van der Waals surface area (Å²) in [4.78, 5) is 7.17. The molecule has 1 atom stereocenters. The fourth-order valence-electron chi connectivity index (χ4n) is 2.25. The molecule has 1 fully saturated rings. The molecule has 2 N–H and O–H groups in total. The van der Waals surface area contributed by atoms with Crippen molar-refractivity contribution in [1.82, 2.24) is 15.5 Å². The molecule has 5 nitrogen and oxygen atoms in total. The molecule has 1 saturated heterocycles. The number of hydrogen-bond acceptors (Lipinski definition) is 3. The maximum atomic E-state index is 5.40. The van der Waals surface area contributed by atoms with Gasteiger partial charge in [0, 0.05) is 32.2 Å². The highest BCUT2D eigenvalue weighted by atomic mass is 127. The van der Waals surface area contributed by atoms with Gasteiger partial charge in [-0.2, -0.15) is 0 Å². The monoisotopic (exact) mass is 426 g/mol. The molecule has 132 valence electrons. The molecule has 0 spiro atoms. The minimum atomic E-state index is 0. The Bertz CT molecular complexity index is 312. The van der Waals surface area contributed by atoms with Gasteiger partial charge in [0.25, 0.3) is 0 Å². The Balaban J connectivity index is 0.00000441. The van der Waals surface area contributed by atoms with Crippen LogP contribution in [-0.4, -0.2) is 62.8 Å². The van der Waals surface area contributed by atoms with E-state index in [9.17, 15) is 0 Å². The average molecular weight is 426 g/mol. The van der Waals surface area contributed by atoms with E-state index in [1.807, 2.05) is 0 Å². The number of halogens is 1. The number of nitrogens with zero attached hydrogens (tertiary/aromatic N) is 2. The predicted molar refractivity (Wildman–Crippen MR) is 105 cm³/mol. The van der Waals surface area contributed by atoms with Gasteiger partial charge in [-0.05, 0) is 25.7 Å². The molecule has 0 amide bonds. The summed E-state index contributed by atoms with van der Waals surface area (Å²) in [6.45, 7) is 17.5. The van der Waals surface area contributed by atoms with Crippen molar-refractivity contribution < 1.29 is 4.74 Å². The number of guanidine groups is 1. The standard InChI is InChI=1S/C16H34N4O.HI/c1-6-17-15(18-8-7-16(3,4)5)19-13-14(2)20-9-11-21-12-10-20;/h14H,6-13H2,1-5H3,(H2,17,18,19);1H. The minimum Gasteiger partial charge on any atom is -0.379 e. The first-order valence-corrected chi connectivity index (χ1v) is 8.26. The number of nitrogens with one attached hydrogen (secondary N) is 2. The van der Waals surface area contributed by atoms with E-state index in [-0.39, 0.29) is 24.0 Å². The highest BCUT2D eigenvalue weighted by molar-refractivity contribution is 14.0. The summed E-state index contributed by atoms with van der Waals surface area (Å²) in [6, 6.07) is 0.465. The van der Waals surface area contributed by atoms with Crippen molar-refractivity contribution in [2.75, 3.05) is 45.9 Å². The Morgan fingerprint density at radius 1 is 1.23 bits per heavy atom. The van der Waals surface area contributed by atoms with Crippen LogP contribution in [0.5, 0.6) is 0 Å². The summed E-state index contributed by atoms with van der Waals surface area (Å²) in [6.07, 6.45) is 1.14. The molecule has 0 aliphatic carbocycles. The minimum absolute atomic E-state index is 0. The highest BCUT2D eigenvalue weighted by Crippen LogP contribution is 2.16. The van der Waals surface area contributed by atoms with Crippen molar-refractivity contribution in [3.63, 3.8) is 0 Å². The zero-order chi connectivity index (χ0) is 15.7. The molecule has 6 heteroatoms. The molecule has 1 aliphatic rings. The van der Waals surface area contributed by atoms with Crippen LogP contribution in [0.4, 0.5) is 0 Å².